The quantitative estimate of drug-likeness (QED) is 0.0824. The van der Waals surface area contributed by atoms with Crippen LogP contribution in [0.15, 0.2) is 119 Å². The second kappa shape index (κ2) is 14.1. The number of thioether (sulfide) groups is 1. The van der Waals surface area contributed by atoms with Crippen molar-refractivity contribution >= 4 is 56.8 Å². The lowest BCUT2D eigenvalue weighted by molar-refractivity contribution is -0.117. The number of hydrogen-bond donors (Lipinski definition) is 1. The predicted molar refractivity (Wildman–Crippen MR) is 185 cm³/mol. The van der Waals surface area contributed by atoms with Gasteiger partial charge < -0.3 is 9.84 Å². The van der Waals surface area contributed by atoms with E-state index in [1.807, 2.05) is 72.8 Å². The first kappa shape index (κ1) is 31.3. The third-order valence-electron chi connectivity index (χ3n) is 7.67. The van der Waals surface area contributed by atoms with Gasteiger partial charge in [-0.1, -0.05) is 128 Å². The number of benzene rings is 4. The minimum absolute atomic E-state index is 0.0170. The van der Waals surface area contributed by atoms with E-state index in [1.54, 1.807) is 6.08 Å². The van der Waals surface area contributed by atoms with Crippen molar-refractivity contribution in [3.8, 4) is 5.75 Å². The van der Waals surface area contributed by atoms with Gasteiger partial charge in [-0.2, -0.15) is 0 Å². The summed E-state index contributed by atoms with van der Waals surface area (Å²) in [4.78, 5) is 28.7. The number of carbonyl (C=O) groups is 2. The molecule has 1 aromatic heterocycles. The lowest BCUT2D eigenvalue weighted by atomic mass is 9.95. The Kier molecular flexibility index (Phi) is 9.61. The summed E-state index contributed by atoms with van der Waals surface area (Å²) >= 11 is 2.78. The van der Waals surface area contributed by atoms with E-state index in [0.717, 1.165) is 12.0 Å². The van der Waals surface area contributed by atoms with Crippen molar-refractivity contribution in [3.05, 3.63) is 131 Å². The zero-order valence-corrected chi connectivity index (χ0v) is 27.1. The Bertz CT molecular complexity index is 1930. The Labute approximate surface area is 276 Å². The monoisotopic (exact) mass is 647 g/mol. The molecule has 1 unspecified atom stereocenters. The van der Waals surface area contributed by atoms with Gasteiger partial charge in [0, 0.05) is 5.75 Å². The van der Waals surface area contributed by atoms with Crippen LogP contribution in [0.3, 0.4) is 0 Å². The minimum atomic E-state index is -0.919. The summed E-state index contributed by atoms with van der Waals surface area (Å²) in [6.07, 6.45) is 3.95. The molecule has 0 aliphatic carbocycles. The molecule has 0 bridgehead atoms. The summed E-state index contributed by atoms with van der Waals surface area (Å²) < 4.78 is 6.68. The van der Waals surface area contributed by atoms with E-state index in [-0.39, 0.29) is 5.57 Å². The highest BCUT2D eigenvalue weighted by Crippen LogP contribution is 2.44. The van der Waals surface area contributed by atoms with Crippen LogP contribution in [0.25, 0.3) is 16.8 Å². The van der Waals surface area contributed by atoms with Gasteiger partial charge in [-0.15, -0.1) is 10.2 Å². The number of aliphatic hydroxyl groups is 1. The molecule has 4 aromatic carbocycles. The van der Waals surface area contributed by atoms with Gasteiger partial charge in [0.1, 0.15) is 5.75 Å². The average Bonchev–Trinajstić information content (AvgIpc) is 3.64. The summed E-state index contributed by atoms with van der Waals surface area (Å²) in [5.74, 6) is 0.00121. The first-order valence-corrected chi connectivity index (χ1v) is 16.9. The van der Waals surface area contributed by atoms with Crippen LogP contribution in [0, 0.1) is 5.92 Å². The first-order chi connectivity index (χ1) is 22.4. The number of ether oxygens (including phenoxy) is 1. The van der Waals surface area contributed by atoms with Crippen LogP contribution >= 0.6 is 23.1 Å². The van der Waals surface area contributed by atoms with Crippen LogP contribution < -0.4 is 9.64 Å². The molecule has 6 rings (SSSR count). The van der Waals surface area contributed by atoms with Crippen molar-refractivity contribution in [2.75, 3.05) is 11.5 Å². The maximum Gasteiger partial charge on any atom is 0.296 e. The largest absolute Gasteiger partial charge is 0.503 e. The number of allylic oxidation sites excluding steroid dienone is 1. The molecular formula is C37H33N3O4S2. The van der Waals surface area contributed by atoms with Crippen molar-refractivity contribution < 1.29 is 19.4 Å². The summed E-state index contributed by atoms with van der Waals surface area (Å²) in [6, 6.07) is 30.2. The Hall–Kier alpha value is -4.73. The molecule has 1 aliphatic rings. The summed E-state index contributed by atoms with van der Waals surface area (Å²) in [5.41, 5.74) is 2.60. The average molecular weight is 648 g/mol. The predicted octanol–water partition coefficient (Wildman–Crippen LogP) is 8.59. The number of anilines is 1. The van der Waals surface area contributed by atoms with Gasteiger partial charge in [-0.25, -0.2) is 0 Å². The first-order valence-electron chi connectivity index (χ1n) is 15.1. The number of rotatable bonds is 12. The molecule has 232 valence electrons. The van der Waals surface area contributed by atoms with Crippen molar-refractivity contribution in [2.24, 2.45) is 5.92 Å². The highest BCUT2D eigenvalue weighted by atomic mass is 32.2. The van der Waals surface area contributed by atoms with Gasteiger partial charge in [-0.3, -0.25) is 14.5 Å². The highest BCUT2D eigenvalue weighted by molar-refractivity contribution is 8.00. The van der Waals surface area contributed by atoms with Crippen LogP contribution in [0.4, 0.5) is 5.13 Å². The minimum Gasteiger partial charge on any atom is -0.503 e. The summed E-state index contributed by atoms with van der Waals surface area (Å²) in [7, 11) is 0. The molecule has 0 saturated heterocycles. The molecule has 9 heteroatoms. The van der Waals surface area contributed by atoms with E-state index in [9.17, 15) is 14.7 Å². The SMILES string of the molecule is CC(C)CCOc1cccc(C2C(C(=O)/C=C/c3ccccc3)=C(O)C(=O)N2c2nnc(SCc3cccc4ccccc34)s2)c1. The van der Waals surface area contributed by atoms with Crippen LogP contribution in [0.2, 0.25) is 0 Å². The Morgan fingerprint density at radius 3 is 2.59 bits per heavy atom. The molecule has 5 aromatic rings. The molecule has 1 N–H and O–H groups in total. The topological polar surface area (TPSA) is 92.6 Å². The zero-order chi connectivity index (χ0) is 32.0. The number of nitrogens with zero attached hydrogens (tertiary/aromatic N) is 3. The van der Waals surface area contributed by atoms with Crippen molar-refractivity contribution in [1.29, 1.82) is 0 Å². The lowest BCUT2D eigenvalue weighted by Gasteiger charge is -2.24. The molecule has 1 amide bonds. The smallest absolute Gasteiger partial charge is 0.296 e. The highest BCUT2D eigenvalue weighted by Gasteiger charge is 2.45. The number of aromatic nitrogens is 2. The fourth-order valence-corrected chi connectivity index (χ4v) is 7.17. The van der Waals surface area contributed by atoms with E-state index < -0.39 is 23.5 Å². The second-order valence-electron chi connectivity index (χ2n) is 11.3. The second-order valence-corrected chi connectivity index (χ2v) is 13.5. The fourth-order valence-electron chi connectivity index (χ4n) is 5.30. The fraction of sp³-hybridized carbons (Fsp3) is 0.189. The number of aliphatic hydroxyl groups excluding tert-OH is 1. The Balaban J connectivity index is 1.31. The van der Waals surface area contributed by atoms with Crippen molar-refractivity contribution in [3.63, 3.8) is 0 Å². The molecular weight excluding hydrogens is 615 g/mol. The number of carbonyl (C=O) groups excluding carboxylic acids is 2. The van der Waals surface area contributed by atoms with E-state index >= 15 is 0 Å². The number of ketones is 1. The maximum absolute atomic E-state index is 13.7. The third-order valence-corrected chi connectivity index (χ3v) is 9.78. The van der Waals surface area contributed by atoms with Crippen molar-refractivity contribution in [1.82, 2.24) is 10.2 Å². The molecule has 0 saturated carbocycles. The zero-order valence-electron chi connectivity index (χ0n) is 25.5. The van der Waals surface area contributed by atoms with Gasteiger partial charge in [0.15, 0.2) is 15.9 Å². The molecule has 1 atom stereocenters. The van der Waals surface area contributed by atoms with E-state index in [4.69, 9.17) is 4.74 Å². The molecule has 0 spiro atoms. The third kappa shape index (κ3) is 6.90. The van der Waals surface area contributed by atoms with Gasteiger partial charge in [0.2, 0.25) is 5.13 Å². The van der Waals surface area contributed by atoms with Crippen LogP contribution in [-0.4, -0.2) is 33.6 Å². The number of hydrogen-bond acceptors (Lipinski definition) is 8. The standard InChI is InChI=1S/C37H33N3O4S2/c1-24(2)20-21-44-29-16-9-14-27(22-29)33-32(31(41)19-18-25-10-4-3-5-11-25)34(42)35(43)40(33)36-38-39-37(46-36)45-23-28-15-8-13-26-12-6-7-17-30(26)28/h3-19,22,24,33,42H,20-21,23H2,1-2H3/b19-18+. The van der Waals surface area contributed by atoms with Crippen LogP contribution in [0.1, 0.15) is 43.0 Å². The van der Waals surface area contributed by atoms with Gasteiger partial charge in [-0.05, 0) is 58.0 Å². The Morgan fingerprint density at radius 2 is 1.76 bits per heavy atom. The van der Waals surface area contributed by atoms with Crippen molar-refractivity contribution in [2.45, 2.75) is 36.4 Å². The molecule has 2 heterocycles. The number of amides is 1. The lowest BCUT2D eigenvalue weighted by Crippen LogP contribution is -2.30. The molecule has 7 nitrogen and oxygen atoms in total. The summed E-state index contributed by atoms with van der Waals surface area (Å²) in [5, 5.41) is 22.6. The van der Waals surface area contributed by atoms with E-state index in [1.165, 1.54) is 50.4 Å². The van der Waals surface area contributed by atoms with E-state index in [0.29, 0.717) is 39.1 Å². The summed E-state index contributed by atoms with van der Waals surface area (Å²) in [6.45, 7) is 4.80. The van der Waals surface area contributed by atoms with Crippen LogP contribution in [0.5, 0.6) is 5.75 Å². The van der Waals surface area contributed by atoms with E-state index in [2.05, 4.69) is 48.3 Å². The molecule has 0 radical (unpaired) electrons. The number of fused-ring (bicyclic) bond motifs is 1. The van der Waals surface area contributed by atoms with Crippen LogP contribution in [-0.2, 0) is 15.3 Å². The normalized spacial score (nSPS) is 15.1. The Morgan fingerprint density at radius 1 is 1.00 bits per heavy atom. The van der Waals surface area contributed by atoms with Gasteiger partial charge in [0.05, 0.1) is 18.2 Å². The molecule has 46 heavy (non-hydrogen) atoms. The maximum atomic E-state index is 13.7. The molecule has 1 aliphatic heterocycles. The molecule has 0 fully saturated rings. The van der Waals surface area contributed by atoms with Gasteiger partial charge >= 0.3 is 0 Å². The van der Waals surface area contributed by atoms with Gasteiger partial charge in [0.25, 0.3) is 5.91 Å².